The van der Waals surface area contributed by atoms with E-state index in [-0.39, 0.29) is 0 Å². The molecule has 0 heterocycles. The molecule has 0 bridgehead atoms. The number of unbranched alkanes of at least 4 members (excludes halogenated alkanes) is 6. The van der Waals surface area contributed by atoms with Crippen LogP contribution in [0.5, 0.6) is 0 Å². The molecule has 0 spiro atoms. The van der Waals surface area contributed by atoms with Gasteiger partial charge in [-0.3, -0.25) is 0 Å². The second kappa shape index (κ2) is 25.5. The molecule has 0 aromatic carbocycles. The van der Waals surface area contributed by atoms with Gasteiger partial charge in [0.15, 0.2) is 0 Å². The fourth-order valence-electron chi connectivity index (χ4n) is 3.91. The average Bonchev–Trinajstić information content (AvgIpc) is 2.76. The Morgan fingerprint density at radius 1 is 0.469 bits per heavy atom. The van der Waals surface area contributed by atoms with Gasteiger partial charge in [-0.05, 0) is 38.5 Å². The second-order valence-corrected chi connectivity index (χ2v) is 9.98. The van der Waals surface area contributed by atoms with Crippen LogP contribution in [0, 0.1) is 0 Å². The summed E-state index contributed by atoms with van der Waals surface area (Å²) in [5.41, 5.74) is 0. The van der Waals surface area contributed by atoms with Crippen molar-refractivity contribution in [3.63, 3.8) is 0 Å². The maximum absolute atomic E-state index is 9.89. The smallest absolute Gasteiger partial charge is 0.121 e. The van der Waals surface area contributed by atoms with Gasteiger partial charge in [0.05, 0.1) is 53.4 Å². The molecule has 0 aliphatic heterocycles. The van der Waals surface area contributed by atoms with Gasteiger partial charge in [-0.2, -0.15) is 0 Å². The largest absolute Gasteiger partial charge is 0.867 e. The van der Waals surface area contributed by atoms with Gasteiger partial charge in [0.25, 0.3) is 0 Å². The molecule has 196 valence electrons. The van der Waals surface area contributed by atoms with Crippen molar-refractivity contribution in [2.24, 2.45) is 0 Å². The van der Waals surface area contributed by atoms with Crippen LogP contribution in [0.2, 0.25) is 0 Å². The van der Waals surface area contributed by atoms with Crippen LogP contribution < -0.4 is 10.0 Å². The highest BCUT2D eigenvalue weighted by Gasteiger charge is 2.19. The predicted molar refractivity (Wildman–Crippen MR) is 138 cm³/mol. The number of quaternary nitrogens is 2. The lowest BCUT2D eigenvalue weighted by molar-refractivity contribution is -0.910. The van der Waals surface area contributed by atoms with Crippen LogP contribution in [0.15, 0.2) is 0 Å². The van der Waals surface area contributed by atoms with E-state index < -0.39 is 7.40 Å². The van der Waals surface area contributed by atoms with E-state index in [1.807, 2.05) is 0 Å². The van der Waals surface area contributed by atoms with Crippen LogP contribution in [0.4, 0.5) is 4.32 Å². The van der Waals surface area contributed by atoms with Crippen molar-refractivity contribution in [1.82, 2.24) is 0 Å². The summed E-state index contributed by atoms with van der Waals surface area (Å²) >= 11 is 0. The molecule has 0 fully saturated rings. The monoisotopic (exact) mass is 462 g/mol. The first-order valence-electron chi connectivity index (χ1n) is 13.7. The highest BCUT2D eigenvalue weighted by Crippen LogP contribution is 2.11. The first kappa shape index (κ1) is 36.4. The van der Waals surface area contributed by atoms with Gasteiger partial charge in [0.1, 0.15) is 7.40 Å². The molecule has 0 aromatic rings. The van der Waals surface area contributed by atoms with Crippen LogP contribution >= 0.6 is 0 Å². The Bertz CT molecular complexity index is 284. The molecular formula is C26H60BFN2O2. The highest BCUT2D eigenvalue weighted by molar-refractivity contribution is 6.27. The molecular weight excluding hydrogens is 402 g/mol. The first-order chi connectivity index (χ1) is 15.1. The molecule has 32 heavy (non-hydrogen) atoms. The summed E-state index contributed by atoms with van der Waals surface area (Å²) in [7, 11) is 1.72. The molecule has 0 aliphatic carbocycles. The fourth-order valence-corrected chi connectivity index (χ4v) is 3.91. The molecule has 0 aliphatic rings. The Morgan fingerprint density at radius 3 is 0.688 bits per heavy atom. The lowest BCUT2D eigenvalue weighted by Crippen LogP contribution is -2.46. The van der Waals surface area contributed by atoms with E-state index in [2.05, 4.69) is 55.6 Å². The van der Waals surface area contributed by atoms with Crippen molar-refractivity contribution in [3.05, 3.63) is 0 Å². The number of hydrogen-bond donors (Lipinski definition) is 0. The highest BCUT2D eigenvalue weighted by atomic mass is 19.1. The Kier molecular flexibility index (Phi) is 29.0. The van der Waals surface area contributed by atoms with E-state index >= 15 is 0 Å². The minimum absolute atomic E-state index is 1.32. The van der Waals surface area contributed by atoms with Gasteiger partial charge in [-0.25, -0.2) is 0 Å². The van der Waals surface area contributed by atoms with Crippen LogP contribution in [-0.4, -0.2) is 69.7 Å². The average molecular weight is 463 g/mol. The summed E-state index contributed by atoms with van der Waals surface area (Å²) in [5, 5.41) is 16.6. The molecule has 0 N–H and O–H groups in total. The van der Waals surface area contributed by atoms with Crippen LogP contribution in [0.1, 0.15) is 119 Å². The molecule has 0 radical (unpaired) electrons. The minimum atomic E-state index is -3.17. The number of hydrogen-bond acceptors (Lipinski definition) is 2. The third-order valence-electron chi connectivity index (χ3n) is 6.31. The van der Waals surface area contributed by atoms with E-state index in [0.717, 1.165) is 0 Å². The quantitative estimate of drug-likeness (QED) is 0.204. The molecule has 0 unspecified atom stereocenters. The zero-order chi connectivity index (χ0) is 25.3. The zero-order valence-corrected chi connectivity index (χ0v) is 23.4. The molecule has 0 saturated heterocycles. The summed E-state index contributed by atoms with van der Waals surface area (Å²) in [5.74, 6) is 0. The zero-order valence-electron chi connectivity index (χ0n) is 23.4. The molecule has 0 saturated carbocycles. The third kappa shape index (κ3) is 27.9. The van der Waals surface area contributed by atoms with Gasteiger partial charge in [-0.1, -0.05) is 80.1 Å². The Hall–Kier alpha value is -0.165. The maximum atomic E-state index is 9.89. The standard InChI is InChI=1S/2C13H30N.BFO2/c2*1-5-8-11-14(4,12-9-6-2)13-10-7-3;2-1(3)4/h2*5-13H2,1-4H3;/q2*+1;-2. The Labute approximate surface area is 203 Å². The van der Waals surface area contributed by atoms with E-state index in [0.29, 0.717) is 0 Å². The summed E-state index contributed by atoms with van der Waals surface area (Å²) in [6.45, 7) is 22.1. The lowest BCUT2D eigenvalue weighted by Gasteiger charge is -2.34. The van der Waals surface area contributed by atoms with Crippen molar-refractivity contribution < 1.29 is 23.3 Å². The molecule has 4 nitrogen and oxygen atoms in total. The summed E-state index contributed by atoms with van der Waals surface area (Å²) in [6.07, 6.45) is 16.4. The fraction of sp³-hybridized carbons (Fsp3) is 1.00. The maximum Gasteiger partial charge on any atom is 0.121 e. The molecule has 6 heteroatoms. The van der Waals surface area contributed by atoms with Gasteiger partial charge >= 0.3 is 0 Å². The van der Waals surface area contributed by atoms with E-state index in [1.165, 1.54) is 125 Å². The SMILES string of the molecule is CCCC[N+](C)(CCCC)CCCC.CCCC[N+](C)(CCCC)CCCC.[O-]B([O-])F. The predicted octanol–water partition coefficient (Wildman–Crippen LogP) is 5.33. The van der Waals surface area contributed by atoms with Gasteiger partial charge in [-0.15, -0.1) is 0 Å². The normalized spacial score (nSPS) is 11.3. The van der Waals surface area contributed by atoms with Gasteiger partial charge in [0, 0.05) is 0 Å². The van der Waals surface area contributed by atoms with Crippen LogP contribution in [-0.2, 0) is 0 Å². The Balaban J connectivity index is -0.000000450. The first-order valence-corrected chi connectivity index (χ1v) is 13.7. The number of halogens is 1. The van der Waals surface area contributed by atoms with Crippen molar-refractivity contribution in [2.75, 3.05) is 53.4 Å². The number of rotatable bonds is 18. The second-order valence-electron chi connectivity index (χ2n) is 9.98. The Morgan fingerprint density at radius 2 is 0.594 bits per heavy atom. The third-order valence-corrected chi connectivity index (χ3v) is 6.31. The van der Waals surface area contributed by atoms with Crippen LogP contribution in [0.3, 0.4) is 0 Å². The summed E-state index contributed by atoms with van der Waals surface area (Å²) in [4.78, 5) is 0. The van der Waals surface area contributed by atoms with E-state index in [1.54, 1.807) is 0 Å². The summed E-state index contributed by atoms with van der Waals surface area (Å²) in [6, 6.07) is 0. The summed E-state index contributed by atoms with van der Waals surface area (Å²) < 4.78 is 12.5. The van der Waals surface area contributed by atoms with Crippen LogP contribution in [0.25, 0.3) is 0 Å². The van der Waals surface area contributed by atoms with Gasteiger partial charge in [0.2, 0.25) is 0 Å². The van der Waals surface area contributed by atoms with Crippen molar-refractivity contribution >= 4 is 7.40 Å². The topological polar surface area (TPSA) is 46.1 Å². The molecule has 0 aromatic heterocycles. The van der Waals surface area contributed by atoms with Crippen molar-refractivity contribution in [2.45, 2.75) is 119 Å². The van der Waals surface area contributed by atoms with E-state index in [4.69, 9.17) is 10.0 Å². The number of nitrogens with zero attached hydrogens (tertiary/aromatic N) is 2. The molecule has 0 amide bonds. The minimum Gasteiger partial charge on any atom is -0.867 e. The van der Waals surface area contributed by atoms with E-state index in [9.17, 15) is 4.32 Å². The molecule has 0 atom stereocenters. The van der Waals surface area contributed by atoms with Crippen molar-refractivity contribution in [3.8, 4) is 0 Å². The molecule has 0 rings (SSSR count). The lowest BCUT2D eigenvalue weighted by atomic mass is 10.2. The van der Waals surface area contributed by atoms with Crippen molar-refractivity contribution in [1.29, 1.82) is 0 Å². The van der Waals surface area contributed by atoms with Gasteiger partial charge < -0.3 is 23.3 Å².